The molecule has 4 nitrogen and oxygen atoms in total. The van der Waals surface area contributed by atoms with Gasteiger partial charge in [-0.05, 0) is 47.5 Å². The summed E-state index contributed by atoms with van der Waals surface area (Å²) in [5.41, 5.74) is 4.31. The summed E-state index contributed by atoms with van der Waals surface area (Å²) in [6, 6.07) is 16.1. The van der Waals surface area contributed by atoms with Crippen LogP contribution in [0.15, 0.2) is 83.4 Å². The van der Waals surface area contributed by atoms with Gasteiger partial charge in [0.15, 0.2) is 0 Å². The molecule has 0 fully saturated rings. The first kappa shape index (κ1) is 17.0. The summed E-state index contributed by atoms with van der Waals surface area (Å²) < 4.78 is 0. The molecule has 0 amide bonds. The zero-order valence-electron chi connectivity index (χ0n) is 13.9. The fourth-order valence-electron chi connectivity index (χ4n) is 2.42. The second-order valence-corrected chi connectivity index (χ2v) is 7.54. The average Bonchev–Trinajstić information content (AvgIpc) is 2.72. The minimum absolute atomic E-state index is 0.846. The molecule has 0 aliphatic rings. The van der Waals surface area contributed by atoms with Gasteiger partial charge in [0, 0.05) is 36.3 Å². The molecule has 0 radical (unpaired) electrons. The zero-order valence-corrected chi connectivity index (χ0v) is 15.6. The van der Waals surface area contributed by atoms with Gasteiger partial charge in [0.2, 0.25) is 0 Å². The van der Waals surface area contributed by atoms with Crippen molar-refractivity contribution in [2.45, 2.75) is 21.6 Å². The van der Waals surface area contributed by atoms with E-state index >= 15 is 0 Å². The summed E-state index contributed by atoms with van der Waals surface area (Å²) in [6.45, 7) is 0. The summed E-state index contributed by atoms with van der Waals surface area (Å²) in [4.78, 5) is 17.9. The van der Waals surface area contributed by atoms with E-state index in [9.17, 15) is 0 Å². The van der Waals surface area contributed by atoms with Crippen LogP contribution in [0.4, 0.5) is 0 Å². The predicted molar refractivity (Wildman–Crippen MR) is 107 cm³/mol. The molecule has 4 aromatic rings. The molecule has 3 heterocycles. The Hall–Kier alpha value is -2.44. The fourth-order valence-corrected chi connectivity index (χ4v) is 4.43. The number of thioether (sulfide) groups is 2. The molecule has 0 atom stereocenters. The van der Waals surface area contributed by atoms with Crippen molar-refractivity contribution in [3.63, 3.8) is 0 Å². The maximum atomic E-state index is 4.85. The van der Waals surface area contributed by atoms with Gasteiger partial charge in [-0.15, -0.1) is 0 Å². The lowest BCUT2D eigenvalue weighted by Crippen LogP contribution is -1.94. The van der Waals surface area contributed by atoms with Crippen molar-refractivity contribution in [2.75, 3.05) is 0 Å². The second-order valence-electron chi connectivity index (χ2n) is 5.61. The number of hydrogen-bond donors (Lipinski definition) is 0. The van der Waals surface area contributed by atoms with Crippen molar-refractivity contribution in [1.29, 1.82) is 0 Å². The van der Waals surface area contributed by atoms with Crippen molar-refractivity contribution in [3.8, 4) is 0 Å². The lowest BCUT2D eigenvalue weighted by atomic mass is 10.3. The molecule has 4 rings (SSSR count). The minimum Gasteiger partial charge on any atom is -0.265 e. The number of rotatable bonds is 6. The molecule has 6 heteroatoms. The second kappa shape index (κ2) is 8.29. The average molecular weight is 377 g/mol. The van der Waals surface area contributed by atoms with Crippen LogP contribution in [0.25, 0.3) is 11.0 Å². The molecule has 26 heavy (non-hydrogen) atoms. The Balaban J connectivity index is 1.60. The molecule has 0 saturated heterocycles. The van der Waals surface area contributed by atoms with E-state index in [0.29, 0.717) is 0 Å². The van der Waals surface area contributed by atoms with E-state index in [2.05, 4.69) is 9.97 Å². The predicted octanol–water partition coefficient (Wildman–Crippen LogP) is 5.00. The third kappa shape index (κ3) is 4.20. The number of nitrogens with zero attached hydrogens (tertiary/aromatic N) is 4. The van der Waals surface area contributed by atoms with Crippen LogP contribution in [0.1, 0.15) is 11.1 Å². The van der Waals surface area contributed by atoms with Gasteiger partial charge in [0.1, 0.15) is 10.1 Å². The Bertz CT molecular complexity index is 912. The molecule has 0 spiro atoms. The molecule has 1 aromatic carbocycles. The van der Waals surface area contributed by atoms with Gasteiger partial charge in [-0.25, -0.2) is 9.97 Å². The fraction of sp³-hybridized carbons (Fsp3) is 0.100. The van der Waals surface area contributed by atoms with Gasteiger partial charge in [0.25, 0.3) is 0 Å². The zero-order chi connectivity index (χ0) is 17.6. The Labute approximate surface area is 160 Å². The van der Waals surface area contributed by atoms with E-state index in [1.807, 2.05) is 73.3 Å². The number of para-hydroxylation sites is 2. The Morgan fingerprint density at radius 1 is 0.577 bits per heavy atom. The molecule has 128 valence electrons. The van der Waals surface area contributed by atoms with E-state index < -0.39 is 0 Å². The molecule has 0 aliphatic heterocycles. The van der Waals surface area contributed by atoms with Gasteiger partial charge in [-0.3, -0.25) is 9.97 Å². The highest BCUT2D eigenvalue weighted by atomic mass is 32.2. The molecular formula is C20H16N4S2. The first-order chi connectivity index (χ1) is 12.9. The van der Waals surface area contributed by atoms with E-state index in [-0.39, 0.29) is 0 Å². The van der Waals surface area contributed by atoms with Crippen molar-refractivity contribution in [3.05, 3.63) is 84.4 Å². The lowest BCUT2D eigenvalue weighted by Gasteiger charge is -2.09. The quantitative estimate of drug-likeness (QED) is 0.441. The Morgan fingerprint density at radius 2 is 1.00 bits per heavy atom. The van der Waals surface area contributed by atoms with Crippen LogP contribution in [0.3, 0.4) is 0 Å². The third-order valence-corrected chi connectivity index (χ3v) is 5.96. The van der Waals surface area contributed by atoms with Crippen molar-refractivity contribution in [1.82, 2.24) is 19.9 Å². The van der Waals surface area contributed by atoms with Crippen LogP contribution in [0.2, 0.25) is 0 Å². The lowest BCUT2D eigenvalue weighted by molar-refractivity contribution is 0.967. The SMILES string of the molecule is c1ccc2nc(SCc3ccncc3)c(SCc3ccncc3)nc2c1. The van der Waals surface area contributed by atoms with Crippen LogP contribution >= 0.6 is 23.5 Å². The van der Waals surface area contributed by atoms with Crippen molar-refractivity contribution < 1.29 is 0 Å². The van der Waals surface area contributed by atoms with Crippen LogP contribution in [0.5, 0.6) is 0 Å². The molecule has 0 unspecified atom stereocenters. The maximum absolute atomic E-state index is 4.85. The highest BCUT2D eigenvalue weighted by molar-refractivity contribution is 8.01. The van der Waals surface area contributed by atoms with Crippen LogP contribution in [-0.2, 0) is 11.5 Å². The van der Waals surface area contributed by atoms with Crippen molar-refractivity contribution in [2.24, 2.45) is 0 Å². The number of pyridine rings is 2. The largest absolute Gasteiger partial charge is 0.265 e. The molecule has 0 saturated carbocycles. The molecule has 3 aromatic heterocycles. The molecule has 0 bridgehead atoms. The van der Waals surface area contributed by atoms with E-state index in [1.165, 1.54) is 11.1 Å². The number of hydrogen-bond acceptors (Lipinski definition) is 6. The van der Waals surface area contributed by atoms with Crippen molar-refractivity contribution >= 4 is 34.6 Å². The van der Waals surface area contributed by atoms with Gasteiger partial charge in [-0.2, -0.15) is 0 Å². The van der Waals surface area contributed by atoms with E-state index in [4.69, 9.17) is 9.97 Å². The summed E-state index contributed by atoms with van der Waals surface area (Å²) >= 11 is 3.43. The summed E-state index contributed by atoms with van der Waals surface area (Å²) in [6.07, 6.45) is 7.28. The monoisotopic (exact) mass is 376 g/mol. The van der Waals surface area contributed by atoms with E-state index in [0.717, 1.165) is 32.6 Å². The first-order valence-corrected chi connectivity index (χ1v) is 10.2. The normalized spacial score (nSPS) is 10.9. The molecule has 0 aliphatic carbocycles. The highest BCUT2D eigenvalue weighted by Crippen LogP contribution is 2.33. The topological polar surface area (TPSA) is 51.6 Å². The highest BCUT2D eigenvalue weighted by Gasteiger charge is 2.11. The van der Waals surface area contributed by atoms with Crippen LogP contribution in [-0.4, -0.2) is 19.9 Å². The first-order valence-electron chi connectivity index (χ1n) is 8.19. The minimum atomic E-state index is 0.846. The number of fused-ring (bicyclic) bond motifs is 1. The summed E-state index contributed by atoms with van der Waals surface area (Å²) in [5, 5.41) is 1.94. The Kier molecular flexibility index (Phi) is 5.42. The van der Waals surface area contributed by atoms with Crippen LogP contribution in [0, 0.1) is 0 Å². The standard InChI is InChI=1S/C20H16N4S2/c1-2-4-18-17(3-1)23-19(25-13-15-5-9-21-10-6-15)20(24-18)26-14-16-7-11-22-12-8-16/h1-12H,13-14H2. The maximum Gasteiger partial charge on any atom is 0.129 e. The van der Waals surface area contributed by atoms with Crippen LogP contribution < -0.4 is 0 Å². The Morgan fingerprint density at radius 3 is 1.42 bits per heavy atom. The summed E-state index contributed by atoms with van der Waals surface area (Å²) in [7, 11) is 0. The van der Waals surface area contributed by atoms with Gasteiger partial charge < -0.3 is 0 Å². The third-order valence-electron chi connectivity index (χ3n) is 3.76. The van der Waals surface area contributed by atoms with Gasteiger partial charge in [0.05, 0.1) is 11.0 Å². The number of aromatic nitrogens is 4. The molecule has 0 N–H and O–H groups in total. The van der Waals surface area contributed by atoms with Gasteiger partial charge in [-0.1, -0.05) is 35.7 Å². The summed E-state index contributed by atoms with van der Waals surface area (Å²) in [5.74, 6) is 1.69. The smallest absolute Gasteiger partial charge is 0.129 e. The number of benzene rings is 1. The van der Waals surface area contributed by atoms with E-state index in [1.54, 1.807) is 23.5 Å². The molecular weight excluding hydrogens is 360 g/mol. The van der Waals surface area contributed by atoms with Gasteiger partial charge >= 0.3 is 0 Å².